The Morgan fingerprint density at radius 1 is 1.08 bits per heavy atom. The first-order valence-corrected chi connectivity index (χ1v) is 9.73. The molecule has 0 saturated carbocycles. The first-order valence-electron chi connectivity index (χ1n) is 9.73. The van der Waals surface area contributed by atoms with E-state index in [0.717, 1.165) is 32.3 Å². The van der Waals surface area contributed by atoms with Crippen molar-refractivity contribution in [1.29, 1.82) is 0 Å². The first-order chi connectivity index (χ1) is 12.8. The van der Waals surface area contributed by atoms with Gasteiger partial charge < -0.3 is 9.64 Å². The number of rotatable bonds is 8. The number of piperidine rings is 1. The molecule has 0 radical (unpaired) electrons. The molecule has 2 atom stereocenters. The largest absolute Gasteiger partial charge is 0.377 e. The maximum Gasteiger partial charge on any atom is 0.223 e. The van der Waals surface area contributed by atoms with E-state index in [1.54, 1.807) is 0 Å². The normalized spacial score (nSPS) is 18.7. The zero-order valence-electron chi connectivity index (χ0n) is 15.6. The van der Waals surface area contributed by atoms with E-state index < -0.39 is 0 Å². The van der Waals surface area contributed by atoms with Crippen LogP contribution < -0.4 is 0 Å². The number of nitrogens with zero attached hydrogens (tertiary/aromatic N) is 1. The highest BCUT2D eigenvalue weighted by molar-refractivity contribution is 5.77. The molecule has 2 aromatic rings. The van der Waals surface area contributed by atoms with Crippen molar-refractivity contribution in [3.63, 3.8) is 0 Å². The minimum absolute atomic E-state index is 0.138. The number of amides is 1. The van der Waals surface area contributed by atoms with Gasteiger partial charge in [0.2, 0.25) is 5.91 Å². The van der Waals surface area contributed by atoms with Gasteiger partial charge in [0.1, 0.15) is 0 Å². The summed E-state index contributed by atoms with van der Waals surface area (Å²) < 4.78 is 5.81. The Labute approximate surface area is 157 Å². The smallest absolute Gasteiger partial charge is 0.223 e. The van der Waals surface area contributed by atoms with E-state index in [9.17, 15) is 4.79 Å². The van der Waals surface area contributed by atoms with Crippen molar-refractivity contribution in [2.75, 3.05) is 6.61 Å². The van der Waals surface area contributed by atoms with Gasteiger partial charge in [-0.25, -0.2) is 0 Å². The molecule has 0 N–H and O–H groups in total. The van der Waals surface area contributed by atoms with Gasteiger partial charge in [-0.15, -0.1) is 0 Å². The highest BCUT2D eigenvalue weighted by Crippen LogP contribution is 2.31. The minimum atomic E-state index is 0.138. The maximum absolute atomic E-state index is 12.6. The Bertz CT molecular complexity index is 671. The molecule has 0 spiro atoms. The van der Waals surface area contributed by atoms with Crippen LogP contribution in [0.4, 0.5) is 0 Å². The third-order valence-electron chi connectivity index (χ3n) is 5.25. The average Bonchev–Trinajstić information content (AvgIpc) is 2.69. The first kappa shape index (κ1) is 18.7. The Morgan fingerprint density at radius 3 is 2.50 bits per heavy atom. The maximum atomic E-state index is 12.6. The van der Waals surface area contributed by atoms with Gasteiger partial charge in [0.05, 0.1) is 12.6 Å². The standard InChI is InChI=1S/C23H29NO2/c1-19(21-12-6-3-7-13-21)24-22(14-8-16-23(24)25)15-9-17-26-18-20-10-4-2-5-11-20/h2-7,10-13,19,22H,8-9,14-18H2,1H3/t19-,22+/m0/s1. The Hall–Kier alpha value is -2.13. The molecule has 1 aliphatic rings. The SMILES string of the molecule is C[C@@H](c1ccccc1)N1C(=O)CCC[C@@H]1CCCOCc1ccccc1. The van der Waals surface area contributed by atoms with E-state index in [-0.39, 0.29) is 6.04 Å². The molecule has 3 heteroatoms. The minimum Gasteiger partial charge on any atom is -0.377 e. The van der Waals surface area contributed by atoms with E-state index >= 15 is 0 Å². The molecular weight excluding hydrogens is 322 g/mol. The molecule has 1 amide bonds. The second-order valence-corrected chi connectivity index (χ2v) is 7.11. The average molecular weight is 351 g/mol. The molecular formula is C23H29NO2. The quantitative estimate of drug-likeness (QED) is 0.617. The summed E-state index contributed by atoms with van der Waals surface area (Å²) in [6, 6.07) is 21.1. The van der Waals surface area contributed by atoms with Gasteiger partial charge in [-0.1, -0.05) is 60.7 Å². The second-order valence-electron chi connectivity index (χ2n) is 7.11. The second kappa shape index (κ2) is 9.54. The zero-order valence-corrected chi connectivity index (χ0v) is 15.6. The van der Waals surface area contributed by atoms with Gasteiger partial charge in [0.25, 0.3) is 0 Å². The molecule has 0 aliphatic carbocycles. The topological polar surface area (TPSA) is 29.5 Å². The fraction of sp³-hybridized carbons (Fsp3) is 0.435. The molecule has 138 valence electrons. The molecule has 0 unspecified atom stereocenters. The zero-order chi connectivity index (χ0) is 18.2. The van der Waals surface area contributed by atoms with Gasteiger partial charge in [-0.3, -0.25) is 4.79 Å². The van der Waals surface area contributed by atoms with Crippen molar-refractivity contribution in [3.05, 3.63) is 71.8 Å². The van der Waals surface area contributed by atoms with Crippen LogP contribution in [0.2, 0.25) is 0 Å². The molecule has 3 rings (SSSR count). The van der Waals surface area contributed by atoms with Crippen LogP contribution in [0.15, 0.2) is 60.7 Å². The summed E-state index contributed by atoms with van der Waals surface area (Å²) in [5.74, 6) is 0.294. The van der Waals surface area contributed by atoms with Crippen molar-refractivity contribution in [3.8, 4) is 0 Å². The van der Waals surface area contributed by atoms with Crippen molar-refractivity contribution in [2.24, 2.45) is 0 Å². The lowest BCUT2D eigenvalue weighted by atomic mass is 9.94. The number of carbonyl (C=O) groups excluding carboxylic acids is 1. The molecule has 0 aromatic heterocycles. The number of ether oxygens (including phenoxy) is 1. The number of carbonyl (C=O) groups is 1. The van der Waals surface area contributed by atoms with Crippen LogP contribution in [0, 0.1) is 0 Å². The summed E-state index contributed by atoms with van der Waals surface area (Å²) in [4.78, 5) is 14.7. The van der Waals surface area contributed by atoms with Crippen LogP contribution in [0.5, 0.6) is 0 Å². The Morgan fingerprint density at radius 2 is 1.77 bits per heavy atom. The van der Waals surface area contributed by atoms with Crippen LogP contribution in [-0.4, -0.2) is 23.5 Å². The lowest BCUT2D eigenvalue weighted by molar-refractivity contribution is -0.139. The van der Waals surface area contributed by atoms with E-state index in [0.29, 0.717) is 25.0 Å². The lowest BCUT2D eigenvalue weighted by Crippen LogP contribution is -2.45. The van der Waals surface area contributed by atoms with Crippen molar-refractivity contribution in [1.82, 2.24) is 4.90 Å². The number of likely N-dealkylation sites (tertiary alicyclic amines) is 1. The van der Waals surface area contributed by atoms with Gasteiger partial charge in [0.15, 0.2) is 0 Å². The third kappa shape index (κ3) is 4.95. The fourth-order valence-corrected chi connectivity index (χ4v) is 3.85. The van der Waals surface area contributed by atoms with Gasteiger partial charge >= 0.3 is 0 Å². The summed E-state index contributed by atoms with van der Waals surface area (Å²) in [5.41, 5.74) is 2.42. The third-order valence-corrected chi connectivity index (χ3v) is 5.25. The van der Waals surface area contributed by atoms with Crippen LogP contribution in [0.1, 0.15) is 56.2 Å². The summed E-state index contributed by atoms with van der Waals surface area (Å²) in [7, 11) is 0. The molecule has 1 heterocycles. The van der Waals surface area contributed by atoms with E-state index in [2.05, 4.69) is 36.1 Å². The van der Waals surface area contributed by atoms with Crippen molar-refractivity contribution < 1.29 is 9.53 Å². The van der Waals surface area contributed by atoms with Gasteiger partial charge in [-0.2, -0.15) is 0 Å². The monoisotopic (exact) mass is 351 g/mol. The summed E-state index contributed by atoms with van der Waals surface area (Å²) in [6.07, 6.45) is 4.78. The van der Waals surface area contributed by atoms with Gasteiger partial charge in [-0.05, 0) is 43.7 Å². The van der Waals surface area contributed by atoms with Crippen LogP contribution >= 0.6 is 0 Å². The Balaban J connectivity index is 1.51. The number of hydrogen-bond donors (Lipinski definition) is 0. The van der Waals surface area contributed by atoms with Crippen molar-refractivity contribution >= 4 is 5.91 Å². The summed E-state index contributed by atoms with van der Waals surface area (Å²) >= 11 is 0. The summed E-state index contributed by atoms with van der Waals surface area (Å²) in [6.45, 7) is 3.55. The molecule has 1 fully saturated rings. The van der Waals surface area contributed by atoms with Crippen LogP contribution in [0.25, 0.3) is 0 Å². The molecule has 1 saturated heterocycles. The molecule has 1 aliphatic heterocycles. The predicted molar refractivity (Wildman–Crippen MR) is 105 cm³/mol. The van der Waals surface area contributed by atoms with Crippen LogP contribution in [-0.2, 0) is 16.1 Å². The molecule has 3 nitrogen and oxygen atoms in total. The summed E-state index contributed by atoms with van der Waals surface area (Å²) in [5, 5.41) is 0. The highest BCUT2D eigenvalue weighted by atomic mass is 16.5. The van der Waals surface area contributed by atoms with Gasteiger partial charge in [0, 0.05) is 19.1 Å². The molecule has 26 heavy (non-hydrogen) atoms. The molecule has 2 aromatic carbocycles. The number of hydrogen-bond acceptors (Lipinski definition) is 2. The number of benzene rings is 2. The highest BCUT2D eigenvalue weighted by Gasteiger charge is 2.31. The molecule has 0 bridgehead atoms. The van der Waals surface area contributed by atoms with E-state index in [4.69, 9.17) is 4.74 Å². The lowest BCUT2D eigenvalue weighted by Gasteiger charge is -2.40. The van der Waals surface area contributed by atoms with Crippen molar-refractivity contribution in [2.45, 2.75) is 57.7 Å². The fourth-order valence-electron chi connectivity index (χ4n) is 3.85. The van der Waals surface area contributed by atoms with Crippen LogP contribution in [0.3, 0.4) is 0 Å². The predicted octanol–water partition coefficient (Wildman–Crippen LogP) is 5.13. The van der Waals surface area contributed by atoms with E-state index in [1.165, 1.54) is 11.1 Å². The Kier molecular flexibility index (Phi) is 6.84. The van der Waals surface area contributed by atoms with E-state index in [1.807, 2.05) is 36.4 Å².